The van der Waals surface area contributed by atoms with Crippen LogP contribution in [0.2, 0.25) is 0 Å². The first kappa shape index (κ1) is 13.9. The van der Waals surface area contributed by atoms with Gasteiger partial charge in [-0.25, -0.2) is 0 Å². The van der Waals surface area contributed by atoms with Crippen molar-refractivity contribution in [3.8, 4) is 0 Å². The molecule has 0 amide bonds. The molecule has 0 bridgehead atoms. The van der Waals surface area contributed by atoms with E-state index in [1.165, 1.54) is 5.56 Å². The Morgan fingerprint density at radius 1 is 1.29 bits per heavy atom. The van der Waals surface area contributed by atoms with Crippen LogP contribution < -0.4 is 10.6 Å². The Bertz CT molecular complexity index is 718. The normalized spacial score (nSPS) is 13.9. The average molecular weight is 348 g/mol. The molecule has 3 rings (SSSR count). The molecular formula is C15H14BrN3O2. The molecule has 1 aliphatic rings. The van der Waals surface area contributed by atoms with Crippen molar-refractivity contribution < 1.29 is 4.92 Å². The van der Waals surface area contributed by atoms with Gasteiger partial charge >= 0.3 is 0 Å². The fourth-order valence-corrected chi connectivity index (χ4v) is 3.07. The minimum absolute atomic E-state index is 0.113. The summed E-state index contributed by atoms with van der Waals surface area (Å²) in [7, 11) is 0. The van der Waals surface area contributed by atoms with Crippen LogP contribution >= 0.6 is 15.9 Å². The van der Waals surface area contributed by atoms with Crippen LogP contribution in [0.1, 0.15) is 11.1 Å². The largest absolute Gasteiger partial charge is 0.398 e. The number of benzene rings is 2. The van der Waals surface area contributed by atoms with Crippen LogP contribution in [0.15, 0.2) is 40.9 Å². The first-order valence-corrected chi connectivity index (χ1v) is 7.40. The van der Waals surface area contributed by atoms with E-state index < -0.39 is 0 Å². The fraction of sp³-hybridized carbons (Fsp3) is 0.200. The van der Waals surface area contributed by atoms with Crippen molar-refractivity contribution in [1.82, 2.24) is 0 Å². The Labute approximate surface area is 130 Å². The monoisotopic (exact) mass is 347 g/mol. The van der Waals surface area contributed by atoms with Gasteiger partial charge in [0.15, 0.2) is 0 Å². The first-order valence-electron chi connectivity index (χ1n) is 6.61. The van der Waals surface area contributed by atoms with Crippen LogP contribution in [-0.2, 0) is 13.0 Å². The van der Waals surface area contributed by atoms with Gasteiger partial charge in [0, 0.05) is 29.3 Å². The third kappa shape index (κ3) is 2.58. The summed E-state index contributed by atoms with van der Waals surface area (Å²) in [4.78, 5) is 12.9. The highest BCUT2D eigenvalue weighted by Gasteiger charge is 2.24. The maximum atomic E-state index is 11.3. The van der Waals surface area contributed by atoms with E-state index in [4.69, 9.17) is 5.73 Å². The number of hydrogen-bond acceptors (Lipinski definition) is 4. The molecule has 0 radical (unpaired) electrons. The van der Waals surface area contributed by atoms with E-state index in [9.17, 15) is 10.1 Å². The van der Waals surface area contributed by atoms with E-state index in [2.05, 4.69) is 22.0 Å². The van der Waals surface area contributed by atoms with Gasteiger partial charge in [-0.3, -0.25) is 10.1 Å². The van der Waals surface area contributed by atoms with Gasteiger partial charge in [-0.1, -0.05) is 28.1 Å². The lowest BCUT2D eigenvalue weighted by molar-refractivity contribution is -0.384. The number of nitrogens with two attached hydrogens (primary N) is 1. The first-order chi connectivity index (χ1) is 10.1. The topological polar surface area (TPSA) is 72.4 Å². The predicted octanol–water partition coefficient (Wildman–Crippen LogP) is 3.50. The summed E-state index contributed by atoms with van der Waals surface area (Å²) in [6.45, 7) is 1.35. The molecule has 2 N–H and O–H groups in total. The van der Waals surface area contributed by atoms with Crippen molar-refractivity contribution in [2.24, 2.45) is 0 Å². The number of anilines is 2. The van der Waals surface area contributed by atoms with Crippen LogP contribution in [0.5, 0.6) is 0 Å². The van der Waals surface area contributed by atoms with Gasteiger partial charge in [-0.05, 0) is 35.7 Å². The highest BCUT2D eigenvalue weighted by Crippen LogP contribution is 2.35. The molecule has 21 heavy (non-hydrogen) atoms. The van der Waals surface area contributed by atoms with Crippen molar-refractivity contribution in [1.29, 1.82) is 0 Å². The summed E-state index contributed by atoms with van der Waals surface area (Å²) >= 11 is 3.28. The second-order valence-corrected chi connectivity index (χ2v) is 5.96. The Morgan fingerprint density at radius 3 is 2.86 bits per heavy atom. The molecule has 1 heterocycles. The summed E-state index contributed by atoms with van der Waals surface area (Å²) < 4.78 is 0.704. The van der Waals surface area contributed by atoms with Gasteiger partial charge in [0.2, 0.25) is 0 Å². The summed E-state index contributed by atoms with van der Waals surface area (Å²) in [5.74, 6) is 0. The van der Waals surface area contributed by atoms with E-state index in [-0.39, 0.29) is 10.6 Å². The lowest BCUT2D eigenvalue weighted by Gasteiger charge is -2.31. The molecule has 0 unspecified atom stereocenters. The molecule has 5 nitrogen and oxygen atoms in total. The van der Waals surface area contributed by atoms with Crippen molar-refractivity contribution in [3.63, 3.8) is 0 Å². The number of nitro benzene ring substituents is 1. The molecule has 108 valence electrons. The molecule has 6 heteroatoms. The van der Waals surface area contributed by atoms with Crippen LogP contribution in [0.3, 0.4) is 0 Å². The molecule has 0 saturated carbocycles. The van der Waals surface area contributed by atoms with Gasteiger partial charge in [0.1, 0.15) is 5.69 Å². The second kappa shape index (κ2) is 5.37. The van der Waals surface area contributed by atoms with Crippen LogP contribution in [0.4, 0.5) is 17.1 Å². The average Bonchev–Trinajstić information content (AvgIpc) is 2.47. The molecular weight excluding hydrogens is 334 g/mol. The van der Waals surface area contributed by atoms with E-state index in [0.29, 0.717) is 16.7 Å². The number of rotatable bonds is 2. The number of nitro groups is 1. The number of fused-ring (bicyclic) bond motifs is 1. The molecule has 0 aliphatic carbocycles. The molecule has 0 saturated heterocycles. The minimum atomic E-state index is -0.343. The summed E-state index contributed by atoms with van der Waals surface area (Å²) in [5, 5.41) is 11.3. The third-order valence-corrected chi connectivity index (χ3v) is 4.28. The molecule has 0 atom stereocenters. The highest BCUT2D eigenvalue weighted by atomic mass is 79.9. The zero-order valence-electron chi connectivity index (χ0n) is 11.3. The SMILES string of the molecule is Nc1cccc2c1CN(c1ccc(Br)cc1[N+](=O)[O-])CC2. The molecule has 0 spiro atoms. The van der Waals surface area contributed by atoms with E-state index >= 15 is 0 Å². The Kier molecular flexibility index (Phi) is 3.55. The summed E-state index contributed by atoms with van der Waals surface area (Å²) in [6.07, 6.45) is 0.841. The van der Waals surface area contributed by atoms with Crippen molar-refractivity contribution in [3.05, 3.63) is 62.1 Å². The van der Waals surface area contributed by atoms with E-state index in [0.717, 1.165) is 24.2 Å². The highest BCUT2D eigenvalue weighted by molar-refractivity contribution is 9.10. The number of nitrogen functional groups attached to an aromatic ring is 1. The molecule has 2 aromatic rings. The lowest BCUT2D eigenvalue weighted by Crippen LogP contribution is -2.31. The summed E-state index contributed by atoms with van der Waals surface area (Å²) in [5.41, 5.74) is 9.83. The third-order valence-electron chi connectivity index (χ3n) is 3.78. The Hall–Kier alpha value is -2.08. The van der Waals surface area contributed by atoms with Gasteiger partial charge in [-0.2, -0.15) is 0 Å². The number of halogens is 1. The smallest absolute Gasteiger partial charge is 0.293 e. The summed E-state index contributed by atoms with van der Waals surface area (Å²) in [6, 6.07) is 11.0. The van der Waals surface area contributed by atoms with Gasteiger partial charge in [0.05, 0.1) is 4.92 Å². The van der Waals surface area contributed by atoms with Crippen LogP contribution in [-0.4, -0.2) is 11.5 Å². The van der Waals surface area contributed by atoms with Crippen molar-refractivity contribution in [2.75, 3.05) is 17.2 Å². The molecule has 1 aliphatic heterocycles. The van der Waals surface area contributed by atoms with Crippen LogP contribution in [0.25, 0.3) is 0 Å². The van der Waals surface area contributed by atoms with Crippen molar-refractivity contribution in [2.45, 2.75) is 13.0 Å². The van der Waals surface area contributed by atoms with E-state index in [1.807, 2.05) is 23.1 Å². The van der Waals surface area contributed by atoms with E-state index in [1.54, 1.807) is 12.1 Å². The van der Waals surface area contributed by atoms with Crippen LogP contribution in [0, 0.1) is 10.1 Å². The van der Waals surface area contributed by atoms with Gasteiger partial charge in [0.25, 0.3) is 5.69 Å². The second-order valence-electron chi connectivity index (χ2n) is 5.05. The Morgan fingerprint density at radius 2 is 2.10 bits per heavy atom. The maximum Gasteiger partial charge on any atom is 0.293 e. The zero-order valence-corrected chi connectivity index (χ0v) is 12.8. The van der Waals surface area contributed by atoms with Gasteiger partial charge < -0.3 is 10.6 Å². The molecule has 0 aromatic heterocycles. The maximum absolute atomic E-state index is 11.3. The molecule has 0 fully saturated rings. The Balaban J connectivity index is 2.00. The molecule has 2 aromatic carbocycles. The number of hydrogen-bond donors (Lipinski definition) is 1. The van der Waals surface area contributed by atoms with Crippen molar-refractivity contribution >= 4 is 33.0 Å². The fourth-order valence-electron chi connectivity index (χ4n) is 2.72. The standard InChI is InChI=1S/C15H14BrN3O2/c16-11-4-5-14(15(8-11)19(20)21)18-7-6-10-2-1-3-13(17)12(10)9-18/h1-5,8H,6-7,9,17H2. The predicted molar refractivity (Wildman–Crippen MR) is 86.4 cm³/mol. The lowest BCUT2D eigenvalue weighted by atomic mass is 9.97. The quantitative estimate of drug-likeness (QED) is 0.512. The number of nitrogens with zero attached hydrogens (tertiary/aromatic N) is 2. The minimum Gasteiger partial charge on any atom is -0.398 e. The van der Waals surface area contributed by atoms with Gasteiger partial charge in [-0.15, -0.1) is 0 Å². The zero-order chi connectivity index (χ0) is 15.0.